The van der Waals surface area contributed by atoms with Crippen LogP contribution in [0.5, 0.6) is 5.75 Å². The van der Waals surface area contributed by atoms with Gasteiger partial charge < -0.3 is 24.7 Å². The standard InChI is InChI=1S/C30H30N4O3S2/c1-3-24(19-13-22(36-2)18-31-17-19)32-20-7-8-26-28(14-20)38-27-6-4-5-23(30(27)39-26)25-15-21(16-29(35)33-25)34-9-11-37-12-10-34/h4-8,13-18,24,32H,3,9-12H2,1-2H3,(H,33,35). The van der Waals surface area contributed by atoms with Crippen molar-refractivity contribution in [2.24, 2.45) is 0 Å². The molecule has 0 bridgehead atoms. The van der Waals surface area contributed by atoms with Gasteiger partial charge in [0.1, 0.15) is 5.75 Å². The third kappa shape index (κ3) is 5.52. The first kappa shape index (κ1) is 25.9. The molecule has 4 aromatic rings. The Morgan fingerprint density at radius 2 is 1.92 bits per heavy atom. The Kier molecular flexibility index (Phi) is 7.54. The van der Waals surface area contributed by atoms with Crippen LogP contribution in [-0.4, -0.2) is 43.4 Å². The maximum absolute atomic E-state index is 12.6. The number of rotatable bonds is 7. The van der Waals surface area contributed by atoms with E-state index in [2.05, 4.69) is 69.6 Å². The minimum atomic E-state index is -0.0899. The van der Waals surface area contributed by atoms with Crippen LogP contribution in [0.3, 0.4) is 0 Å². The number of hydrogen-bond donors (Lipinski definition) is 2. The molecule has 2 aliphatic rings. The molecule has 4 heterocycles. The van der Waals surface area contributed by atoms with E-state index in [9.17, 15) is 4.79 Å². The van der Waals surface area contributed by atoms with Crippen molar-refractivity contribution in [3.05, 3.63) is 82.9 Å². The second-order valence-electron chi connectivity index (χ2n) is 9.48. The number of ether oxygens (including phenoxy) is 2. The van der Waals surface area contributed by atoms with E-state index in [1.807, 2.05) is 12.3 Å². The summed E-state index contributed by atoms with van der Waals surface area (Å²) < 4.78 is 10.9. The molecule has 9 heteroatoms. The van der Waals surface area contributed by atoms with E-state index >= 15 is 0 Å². The van der Waals surface area contributed by atoms with Gasteiger partial charge in [-0.15, -0.1) is 0 Å². The van der Waals surface area contributed by atoms with Crippen LogP contribution in [-0.2, 0) is 4.74 Å². The summed E-state index contributed by atoms with van der Waals surface area (Å²) in [7, 11) is 1.66. The summed E-state index contributed by atoms with van der Waals surface area (Å²) in [4.78, 5) is 27.0. The van der Waals surface area contributed by atoms with Crippen molar-refractivity contribution in [1.82, 2.24) is 9.97 Å². The largest absolute Gasteiger partial charge is 0.495 e. The molecular weight excluding hydrogens is 528 g/mol. The van der Waals surface area contributed by atoms with Gasteiger partial charge in [-0.2, -0.15) is 0 Å². The highest BCUT2D eigenvalue weighted by atomic mass is 32.2. The van der Waals surface area contributed by atoms with Gasteiger partial charge in [-0.3, -0.25) is 9.78 Å². The van der Waals surface area contributed by atoms with Gasteiger partial charge in [-0.1, -0.05) is 42.6 Å². The molecule has 2 N–H and O–H groups in total. The van der Waals surface area contributed by atoms with Gasteiger partial charge in [0, 0.05) is 61.9 Å². The molecule has 0 saturated carbocycles. The molecule has 0 spiro atoms. The molecule has 39 heavy (non-hydrogen) atoms. The van der Waals surface area contributed by atoms with Gasteiger partial charge in [-0.25, -0.2) is 0 Å². The van der Waals surface area contributed by atoms with Crippen LogP contribution in [0.25, 0.3) is 11.3 Å². The van der Waals surface area contributed by atoms with E-state index in [4.69, 9.17) is 9.47 Å². The molecule has 6 rings (SSSR count). The minimum Gasteiger partial charge on any atom is -0.495 e. The zero-order chi connectivity index (χ0) is 26.8. The second kappa shape index (κ2) is 11.4. The molecular formula is C30H30N4O3S2. The molecule has 1 fully saturated rings. The fourth-order valence-electron chi connectivity index (χ4n) is 4.94. The van der Waals surface area contributed by atoms with Crippen molar-refractivity contribution in [3.63, 3.8) is 0 Å². The Morgan fingerprint density at radius 3 is 2.74 bits per heavy atom. The maximum atomic E-state index is 12.6. The lowest BCUT2D eigenvalue weighted by molar-refractivity contribution is 0.122. The van der Waals surface area contributed by atoms with Crippen LogP contribution in [0.1, 0.15) is 24.9 Å². The predicted octanol–water partition coefficient (Wildman–Crippen LogP) is 6.46. The number of hydrogen-bond acceptors (Lipinski definition) is 8. The number of methoxy groups -OCH3 is 1. The van der Waals surface area contributed by atoms with Gasteiger partial charge in [0.05, 0.1) is 38.3 Å². The molecule has 1 atom stereocenters. The number of fused-ring (bicyclic) bond motifs is 2. The Bertz CT molecular complexity index is 1550. The fourth-order valence-corrected chi connectivity index (χ4v) is 7.35. The van der Waals surface area contributed by atoms with E-state index in [1.165, 1.54) is 19.6 Å². The molecule has 2 aliphatic heterocycles. The zero-order valence-electron chi connectivity index (χ0n) is 21.9. The van der Waals surface area contributed by atoms with Gasteiger partial charge >= 0.3 is 0 Å². The number of aromatic nitrogens is 2. The van der Waals surface area contributed by atoms with Crippen LogP contribution in [0.2, 0.25) is 0 Å². The number of pyridine rings is 2. The average molecular weight is 559 g/mol. The van der Waals surface area contributed by atoms with Crippen LogP contribution in [0.15, 0.2) is 91.4 Å². The number of nitrogens with zero attached hydrogens (tertiary/aromatic N) is 2. The highest BCUT2D eigenvalue weighted by molar-refractivity contribution is 8.05. The molecule has 7 nitrogen and oxygen atoms in total. The average Bonchev–Trinajstić information content (AvgIpc) is 2.98. The van der Waals surface area contributed by atoms with Crippen LogP contribution in [0, 0.1) is 0 Å². The third-order valence-corrected chi connectivity index (χ3v) is 9.57. The Balaban J connectivity index is 1.27. The summed E-state index contributed by atoms with van der Waals surface area (Å²) in [6, 6.07) is 18.8. The number of morpholine rings is 1. The van der Waals surface area contributed by atoms with Gasteiger partial charge in [0.15, 0.2) is 0 Å². The first-order valence-corrected chi connectivity index (χ1v) is 14.7. The lowest BCUT2D eigenvalue weighted by Gasteiger charge is -2.29. The topological polar surface area (TPSA) is 79.5 Å². The van der Waals surface area contributed by atoms with E-state index in [0.717, 1.165) is 53.5 Å². The lowest BCUT2D eigenvalue weighted by atomic mass is 10.1. The number of anilines is 2. The predicted molar refractivity (Wildman–Crippen MR) is 158 cm³/mol. The Hall–Kier alpha value is -3.40. The summed E-state index contributed by atoms with van der Waals surface area (Å²) in [5, 5.41) is 3.68. The molecule has 0 amide bonds. The Morgan fingerprint density at radius 1 is 1.05 bits per heavy atom. The fraction of sp³-hybridized carbons (Fsp3) is 0.267. The first-order chi connectivity index (χ1) is 19.1. The van der Waals surface area contributed by atoms with Crippen LogP contribution >= 0.6 is 23.5 Å². The summed E-state index contributed by atoms with van der Waals surface area (Å²) in [6.45, 7) is 5.10. The summed E-state index contributed by atoms with van der Waals surface area (Å²) >= 11 is 3.52. The van der Waals surface area contributed by atoms with Crippen molar-refractivity contribution < 1.29 is 9.47 Å². The molecule has 0 aliphatic carbocycles. The monoisotopic (exact) mass is 558 g/mol. The van der Waals surface area contributed by atoms with Crippen molar-refractivity contribution in [1.29, 1.82) is 0 Å². The SMILES string of the molecule is CCC(Nc1ccc2c(c1)Sc1cccc(-c3cc(N4CCOCC4)cc(=O)[nH]3)c1S2)c1cncc(OC)c1. The van der Waals surface area contributed by atoms with Crippen molar-refractivity contribution in [3.8, 4) is 17.0 Å². The van der Waals surface area contributed by atoms with Crippen molar-refractivity contribution in [2.75, 3.05) is 43.6 Å². The van der Waals surface area contributed by atoms with E-state index in [0.29, 0.717) is 13.2 Å². The maximum Gasteiger partial charge on any atom is 0.250 e. The quantitative estimate of drug-likeness (QED) is 0.236. The molecule has 0 radical (unpaired) electrons. The zero-order valence-corrected chi connectivity index (χ0v) is 23.5. The third-order valence-electron chi connectivity index (χ3n) is 6.97. The van der Waals surface area contributed by atoms with Crippen LogP contribution in [0.4, 0.5) is 11.4 Å². The van der Waals surface area contributed by atoms with Gasteiger partial charge in [0.2, 0.25) is 5.56 Å². The normalized spacial score (nSPS) is 15.3. The van der Waals surface area contributed by atoms with E-state index in [-0.39, 0.29) is 11.6 Å². The molecule has 2 aromatic carbocycles. The smallest absolute Gasteiger partial charge is 0.250 e. The highest BCUT2D eigenvalue weighted by Crippen LogP contribution is 2.52. The minimum absolute atomic E-state index is 0.0899. The Labute approximate surface area is 236 Å². The molecule has 1 saturated heterocycles. The summed E-state index contributed by atoms with van der Waals surface area (Å²) in [5.74, 6) is 0.759. The molecule has 200 valence electrons. The van der Waals surface area contributed by atoms with Gasteiger partial charge in [-0.05, 0) is 48.4 Å². The summed E-state index contributed by atoms with van der Waals surface area (Å²) in [5.41, 5.74) is 4.90. The number of aromatic amines is 1. The van der Waals surface area contributed by atoms with Crippen molar-refractivity contribution in [2.45, 2.75) is 39.0 Å². The molecule has 2 aromatic heterocycles. The number of benzene rings is 2. The van der Waals surface area contributed by atoms with Gasteiger partial charge in [0.25, 0.3) is 0 Å². The van der Waals surface area contributed by atoms with Crippen LogP contribution < -0.4 is 20.5 Å². The lowest BCUT2D eigenvalue weighted by Crippen LogP contribution is -2.36. The first-order valence-electron chi connectivity index (χ1n) is 13.1. The number of H-pyrrole nitrogens is 1. The van der Waals surface area contributed by atoms with Crippen molar-refractivity contribution >= 4 is 34.9 Å². The highest BCUT2D eigenvalue weighted by Gasteiger charge is 2.23. The molecule has 1 unspecified atom stereocenters. The van der Waals surface area contributed by atoms with E-state index < -0.39 is 0 Å². The second-order valence-corrected chi connectivity index (χ2v) is 11.6. The number of nitrogens with one attached hydrogen (secondary N) is 2. The summed E-state index contributed by atoms with van der Waals surface area (Å²) in [6.07, 6.45) is 4.54. The van der Waals surface area contributed by atoms with E-state index in [1.54, 1.807) is 42.9 Å².